The molecule has 1 aromatic carbocycles. The Hall–Kier alpha value is -1.06. The summed E-state index contributed by atoms with van der Waals surface area (Å²) in [5, 5.41) is 0. The molecule has 0 aliphatic carbocycles. The fraction of sp³-hybridized carbons (Fsp3) is 0.647. The van der Waals surface area contributed by atoms with E-state index in [0.29, 0.717) is 0 Å². The number of hydrogen-bond acceptors (Lipinski definition) is 3. The van der Waals surface area contributed by atoms with Crippen molar-refractivity contribution in [1.82, 2.24) is 4.90 Å². The molecule has 112 valence electrons. The van der Waals surface area contributed by atoms with E-state index in [9.17, 15) is 0 Å². The molecule has 0 bridgehead atoms. The van der Waals surface area contributed by atoms with Crippen LogP contribution in [0.3, 0.4) is 0 Å². The normalized spacial score (nSPS) is 18.3. The highest BCUT2D eigenvalue weighted by Gasteiger charge is 2.17. The Balaban J connectivity index is 2.03. The van der Waals surface area contributed by atoms with Gasteiger partial charge in [0.1, 0.15) is 0 Å². The van der Waals surface area contributed by atoms with E-state index in [4.69, 9.17) is 5.73 Å². The number of nitrogens with two attached hydrogens (primary N) is 1. The van der Waals surface area contributed by atoms with Gasteiger partial charge in [0.15, 0.2) is 0 Å². The fourth-order valence-electron chi connectivity index (χ4n) is 2.95. The summed E-state index contributed by atoms with van der Waals surface area (Å²) in [4.78, 5) is 5.03. The van der Waals surface area contributed by atoms with Crippen molar-refractivity contribution in [1.29, 1.82) is 0 Å². The molecule has 0 saturated carbocycles. The molecular formula is C17H29N3. The highest BCUT2D eigenvalue weighted by atomic mass is 15.3. The van der Waals surface area contributed by atoms with E-state index in [-0.39, 0.29) is 6.04 Å². The third-order valence-electron chi connectivity index (χ3n) is 4.44. The number of nitrogens with zero attached hydrogens (tertiary/aromatic N) is 2. The van der Waals surface area contributed by atoms with Crippen LogP contribution in [0.5, 0.6) is 0 Å². The smallest absolute Gasteiger partial charge is 0.0397 e. The van der Waals surface area contributed by atoms with Crippen LogP contribution >= 0.6 is 0 Å². The molecule has 20 heavy (non-hydrogen) atoms. The number of likely N-dealkylation sites (N-methyl/N-ethyl adjacent to an activating group) is 1. The Morgan fingerprint density at radius 1 is 1.15 bits per heavy atom. The van der Waals surface area contributed by atoms with Crippen LogP contribution in [-0.4, -0.2) is 43.7 Å². The summed E-state index contributed by atoms with van der Waals surface area (Å²) in [6.07, 6.45) is 2.03. The minimum absolute atomic E-state index is 0.286. The monoisotopic (exact) mass is 275 g/mol. The quantitative estimate of drug-likeness (QED) is 0.896. The van der Waals surface area contributed by atoms with Gasteiger partial charge < -0.3 is 15.5 Å². The lowest BCUT2D eigenvalue weighted by Crippen LogP contribution is -2.46. The highest BCUT2D eigenvalue weighted by molar-refractivity contribution is 5.55. The largest absolute Gasteiger partial charge is 0.369 e. The predicted octanol–water partition coefficient (Wildman–Crippen LogP) is 2.42. The second kappa shape index (κ2) is 7.09. The molecule has 1 aliphatic rings. The summed E-state index contributed by atoms with van der Waals surface area (Å²) in [7, 11) is 0. The van der Waals surface area contributed by atoms with Crippen molar-refractivity contribution in [2.24, 2.45) is 5.73 Å². The standard InChI is InChI=1S/C17H29N3/c1-4-16(18)13-15-6-7-17(14(3)12-15)20-10-8-19(5-2)9-11-20/h6-7,12,16H,4-5,8-11,13,18H2,1-3H3. The average molecular weight is 275 g/mol. The number of rotatable bonds is 5. The number of benzene rings is 1. The lowest BCUT2D eigenvalue weighted by Gasteiger charge is -2.36. The third-order valence-corrected chi connectivity index (χ3v) is 4.44. The zero-order valence-electron chi connectivity index (χ0n) is 13.2. The van der Waals surface area contributed by atoms with Gasteiger partial charge in [-0.3, -0.25) is 0 Å². The first-order valence-corrected chi connectivity index (χ1v) is 7.96. The first-order chi connectivity index (χ1) is 9.63. The van der Waals surface area contributed by atoms with E-state index in [1.54, 1.807) is 0 Å². The van der Waals surface area contributed by atoms with Crippen LogP contribution in [0, 0.1) is 6.92 Å². The number of hydrogen-bond donors (Lipinski definition) is 1. The average Bonchev–Trinajstić information content (AvgIpc) is 2.47. The summed E-state index contributed by atoms with van der Waals surface area (Å²) in [6, 6.07) is 7.14. The summed E-state index contributed by atoms with van der Waals surface area (Å²) < 4.78 is 0. The second-order valence-corrected chi connectivity index (χ2v) is 5.91. The maximum absolute atomic E-state index is 6.05. The van der Waals surface area contributed by atoms with Crippen LogP contribution in [0.2, 0.25) is 0 Å². The van der Waals surface area contributed by atoms with Gasteiger partial charge in [0.2, 0.25) is 0 Å². The number of anilines is 1. The predicted molar refractivity (Wildman–Crippen MR) is 87.5 cm³/mol. The lowest BCUT2D eigenvalue weighted by molar-refractivity contribution is 0.271. The van der Waals surface area contributed by atoms with E-state index in [1.165, 1.54) is 36.4 Å². The molecule has 1 aromatic rings. The maximum atomic E-state index is 6.05. The minimum atomic E-state index is 0.286. The Bertz CT molecular complexity index is 422. The molecule has 0 radical (unpaired) electrons. The zero-order valence-corrected chi connectivity index (χ0v) is 13.2. The van der Waals surface area contributed by atoms with Crippen LogP contribution in [-0.2, 0) is 6.42 Å². The Labute approximate surface area is 123 Å². The summed E-state index contributed by atoms with van der Waals surface area (Å²) in [5.74, 6) is 0. The number of piperazine rings is 1. The van der Waals surface area contributed by atoms with Gasteiger partial charge in [-0.15, -0.1) is 0 Å². The lowest BCUT2D eigenvalue weighted by atomic mass is 10.0. The first-order valence-electron chi connectivity index (χ1n) is 7.96. The van der Waals surface area contributed by atoms with Gasteiger partial charge in [-0.2, -0.15) is 0 Å². The van der Waals surface area contributed by atoms with Crippen molar-refractivity contribution < 1.29 is 0 Å². The van der Waals surface area contributed by atoms with Gasteiger partial charge in [-0.05, 0) is 43.5 Å². The van der Waals surface area contributed by atoms with E-state index in [2.05, 4.69) is 48.8 Å². The molecule has 2 rings (SSSR count). The third kappa shape index (κ3) is 3.74. The molecule has 0 amide bonds. The van der Waals surface area contributed by atoms with Gasteiger partial charge >= 0.3 is 0 Å². The van der Waals surface area contributed by atoms with Crippen molar-refractivity contribution in [3.8, 4) is 0 Å². The Morgan fingerprint density at radius 3 is 2.40 bits per heavy atom. The van der Waals surface area contributed by atoms with Gasteiger partial charge in [-0.1, -0.05) is 26.0 Å². The molecule has 1 aliphatic heterocycles. The number of aryl methyl sites for hydroxylation is 1. The summed E-state index contributed by atoms with van der Waals surface area (Å²) >= 11 is 0. The molecule has 3 nitrogen and oxygen atoms in total. The van der Waals surface area contributed by atoms with E-state index < -0.39 is 0 Å². The maximum Gasteiger partial charge on any atom is 0.0397 e. The van der Waals surface area contributed by atoms with Crippen LogP contribution in [0.4, 0.5) is 5.69 Å². The second-order valence-electron chi connectivity index (χ2n) is 5.91. The van der Waals surface area contributed by atoms with Crippen molar-refractivity contribution in [2.75, 3.05) is 37.6 Å². The molecule has 2 N–H and O–H groups in total. The molecule has 0 spiro atoms. The Kier molecular flexibility index (Phi) is 5.44. The fourth-order valence-corrected chi connectivity index (χ4v) is 2.95. The molecule has 1 heterocycles. The zero-order chi connectivity index (χ0) is 14.5. The van der Waals surface area contributed by atoms with Crippen LogP contribution in [0.25, 0.3) is 0 Å². The molecule has 1 unspecified atom stereocenters. The molecular weight excluding hydrogens is 246 g/mol. The first kappa shape index (κ1) is 15.3. The van der Waals surface area contributed by atoms with Crippen molar-refractivity contribution in [2.45, 2.75) is 39.7 Å². The van der Waals surface area contributed by atoms with E-state index in [0.717, 1.165) is 25.9 Å². The molecule has 0 aromatic heterocycles. The molecule has 1 saturated heterocycles. The van der Waals surface area contributed by atoms with Gasteiger partial charge in [0.05, 0.1) is 0 Å². The van der Waals surface area contributed by atoms with Gasteiger partial charge in [0, 0.05) is 37.9 Å². The van der Waals surface area contributed by atoms with Crippen LogP contribution < -0.4 is 10.6 Å². The van der Waals surface area contributed by atoms with E-state index in [1.807, 2.05) is 0 Å². The Morgan fingerprint density at radius 2 is 1.85 bits per heavy atom. The van der Waals surface area contributed by atoms with Gasteiger partial charge in [0.25, 0.3) is 0 Å². The van der Waals surface area contributed by atoms with Crippen molar-refractivity contribution in [3.05, 3.63) is 29.3 Å². The van der Waals surface area contributed by atoms with Gasteiger partial charge in [-0.25, -0.2) is 0 Å². The topological polar surface area (TPSA) is 32.5 Å². The van der Waals surface area contributed by atoms with Crippen LogP contribution in [0.1, 0.15) is 31.4 Å². The summed E-state index contributed by atoms with van der Waals surface area (Å²) in [6.45, 7) is 12.4. The van der Waals surface area contributed by atoms with Crippen molar-refractivity contribution >= 4 is 5.69 Å². The van der Waals surface area contributed by atoms with E-state index >= 15 is 0 Å². The highest BCUT2D eigenvalue weighted by Crippen LogP contribution is 2.23. The van der Waals surface area contributed by atoms with Crippen molar-refractivity contribution in [3.63, 3.8) is 0 Å². The molecule has 3 heteroatoms. The molecule has 1 atom stereocenters. The SMILES string of the molecule is CCC(N)Cc1ccc(N2CCN(CC)CC2)c(C)c1. The molecule has 1 fully saturated rings. The summed E-state index contributed by atoms with van der Waals surface area (Å²) in [5.41, 5.74) is 10.2. The minimum Gasteiger partial charge on any atom is -0.369 e. The van der Waals surface area contributed by atoms with Crippen LogP contribution in [0.15, 0.2) is 18.2 Å².